The Labute approximate surface area is 158 Å². The fourth-order valence-corrected chi connectivity index (χ4v) is 4.94. The molecular weight excluding hydrogens is 366 g/mol. The second kappa shape index (κ2) is 7.61. The van der Waals surface area contributed by atoms with Crippen molar-refractivity contribution in [3.05, 3.63) is 58.8 Å². The van der Waals surface area contributed by atoms with Crippen molar-refractivity contribution >= 4 is 21.4 Å². The van der Waals surface area contributed by atoms with Gasteiger partial charge < -0.3 is 4.74 Å². The Kier molecular flexibility index (Phi) is 5.46. The number of ether oxygens (including phenoxy) is 1. The zero-order chi connectivity index (χ0) is 18.7. The minimum Gasteiger partial charge on any atom is -0.497 e. The predicted octanol–water partition coefficient (Wildman–Crippen LogP) is 4.69. The van der Waals surface area contributed by atoms with Gasteiger partial charge in [-0.05, 0) is 35.6 Å². The lowest BCUT2D eigenvalue weighted by molar-refractivity contribution is 0.415. The molecule has 2 N–H and O–H groups in total. The first-order valence-corrected chi connectivity index (χ1v) is 10.7. The van der Waals surface area contributed by atoms with E-state index in [4.69, 9.17) is 9.88 Å². The molecule has 0 aliphatic heterocycles. The maximum absolute atomic E-state index is 12.1. The summed E-state index contributed by atoms with van der Waals surface area (Å²) in [5.74, 6) is 0.785. The van der Waals surface area contributed by atoms with Crippen LogP contribution in [0.5, 0.6) is 5.75 Å². The summed E-state index contributed by atoms with van der Waals surface area (Å²) in [5, 5.41) is 7.47. The molecule has 0 saturated carbocycles. The maximum Gasteiger partial charge on any atom is 0.238 e. The van der Waals surface area contributed by atoms with Crippen molar-refractivity contribution in [2.75, 3.05) is 7.11 Å². The van der Waals surface area contributed by atoms with Crippen molar-refractivity contribution in [3.63, 3.8) is 0 Å². The molecule has 0 bridgehead atoms. The van der Waals surface area contributed by atoms with Crippen molar-refractivity contribution in [2.45, 2.75) is 24.7 Å². The lowest BCUT2D eigenvalue weighted by Crippen LogP contribution is -2.13. The molecule has 4 nitrogen and oxygen atoms in total. The van der Waals surface area contributed by atoms with E-state index in [0.717, 1.165) is 35.3 Å². The van der Waals surface area contributed by atoms with Crippen molar-refractivity contribution in [1.82, 2.24) is 0 Å². The van der Waals surface area contributed by atoms with Crippen LogP contribution in [0, 0.1) is 0 Å². The molecule has 0 fully saturated rings. The number of rotatable bonds is 6. The molecular formula is C20H21NO3S2. The number of hydrogen-bond acceptors (Lipinski definition) is 4. The number of sulfonamides is 1. The highest BCUT2D eigenvalue weighted by molar-refractivity contribution is 7.89. The average molecular weight is 388 g/mol. The first kappa shape index (κ1) is 18.6. The van der Waals surface area contributed by atoms with E-state index < -0.39 is 10.0 Å². The number of primary sulfonamides is 1. The molecule has 0 saturated heterocycles. The topological polar surface area (TPSA) is 69.4 Å². The van der Waals surface area contributed by atoms with Crippen LogP contribution in [0.3, 0.4) is 0 Å². The molecule has 1 heterocycles. The van der Waals surface area contributed by atoms with Gasteiger partial charge in [0.15, 0.2) is 0 Å². The Morgan fingerprint density at radius 2 is 1.73 bits per heavy atom. The summed E-state index contributed by atoms with van der Waals surface area (Å²) >= 11 is 1.65. The summed E-state index contributed by atoms with van der Waals surface area (Å²) in [6.45, 7) is 2.13. The molecule has 0 aliphatic carbocycles. The first-order valence-electron chi connectivity index (χ1n) is 8.32. The van der Waals surface area contributed by atoms with Crippen molar-refractivity contribution < 1.29 is 13.2 Å². The Morgan fingerprint density at radius 3 is 2.35 bits per heavy atom. The lowest BCUT2D eigenvalue weighted by Gasteiger charge is -2.12. The van der Waals surface area contributed by atoms with Gasteiger partial charge in [0.25, 0.3) is 0 Å². The predicted molar refractivity (Wildman–Crippen MR) is 107 cm³/mol. The largest absolute Gasteiger partial charge is 0.497 e. The monoisotopic (exact) mass is 387 g/mol. The summed E-state index contributed by atoms with van der Waals surface area (Å²) in [5.41, 5.74) is 3.64. The van der Waals surface area contributed by atoms with Crippen LogP contribution in [0.2, 0.25) is 0 Å². The van der Waals surface area contributed by atoms with E-state index in [0.29, 0.717) is 5.56 Å². The number of nitrogens with two attached hydrogens (primary N) is 1. The van der Waals surface area contributed by atoms with Crippen LogP contribution >= 0.6 is 11.3 Å². The average Bonchev–Trinajstić information content (AvgIpc) is 3.05. The third kappa shape index (κ3) is 3.67. The van der Waals surface area contributed by atoms with E-state index in [1.54, 1.807) is 30.6 Å². The van der Waals surface area contributed by atoms with E-state index in [2.05, 4.69) is 6.92 Å². The molecule has 2 aromatic carbocycles. The van der Waals surface area contributed by atoms with E-state index in [1.807, 2.05) is 41.8 Å². The molecule has 3 aromatic rings. The molecule has 0 spiro atoms. The molecule has 0 unspecified atom stereocenters. The zero-order valence-corrected chi connectivity index (χ0v) is 16.4. The number of aryl methyl sites for hydroxylation is 1. The van der Waals surface area contributed by atoms with E-state index in [1.165, 1.54) is 4.88 Å². The van der Waals surface area contributed by atoms with E-state index in [-0.39, 0.29) is 4.90 Å². The van der Waals surface area contributed by atoms with Gasteiger partial charge in [0, 0.05) is 21.6 Å². The fraction of sp³-hybridized carbons (Fsp3) is 0.200. The van der Waals surface area contributed by atoms with Gasteiger partial charge in [0.2, 0.25) is 10.0 Å². The Balaban J connectivity index is 2.24. The molecule has 26 heavy (non-hydrogen) atoms. The number of thiophene rings is 1. The summed E-state index contributed by atoms with van der Waals surface area (Å²) in [7, 11) is -2.17. The molecule has 0 atom stereocenters. The molecule has 1 aromatic heterocycles. The number of hydrogen-bond donors (Lipinski definition) is 1. The lowest BCUT2D eigenvalue weighted by atomic mass is 9.95. The van der Waals surface area contributed by atoms with Crippen molar-refractivity contribution in [1.29, 1.82) is 0 Å². The van der Waals surface area contributed by atoms with E-state index >= 15 is 0 Å². The smallest absolute Gasteiger partial charge is 0.238 e. The van der Waals surface area contributed by atoms with Crippen LogP contribution in [0.1, 0.15) is 18.2 Å². The van der Waals surface area contributed by atoms with Gasteiger partial charge in [-0.15, -0.1) is 11.3 Å². The number of methoxy groups -OCH3 is 1. The standard InChI is InChI=1S/C20H21NO3S2/c1-3-6-18-20(14-9-11-15(24-2)12-10-14)17(13-25-18)16-7-4-5-8-19(16)26(21,22)23/h4-5,7-13H,3,6H2,1-2H3,(H2,21,22,23). The highest BCUT2D eigenvalue weighted by Gasteiger charge is 2.20. The van der Waals surface area contributed by atoms with Crippen LogP contribution in [0.15, 0.2) is 58.8 Å². The van der Waals surface area contributed by atoms with Crippen LogP contribution < -0.4 is 9.88 Å². The first-order chi connectivity index (χ1) is 12.5. The highest BCUT2D eigenvalue weighted by Crippen LogP contribution is 2.42. The minimum atomic E-state index is -3.81. The van der Waals surface area contributed by atoms with Gasteiger partial charge >= 0.3 is 0 Å². The van der Waals surface area contributed by atoms with Gasteiger partial charge in [-0.2, -0.15) is 0 Å². The molecule has 136 valence electrons. The summed E-state index contributed by atoms with van der Waals surface area (Å²) in [4.78, 5) is 1.38. The van der Waals surface area contributed by atoms with Crippen molar-refractivity contribution in [3.8, 4) is 28.0 Å². The normalized spacial score (nSPS) is 11.5. The van der Waals surface area contributed by atoms with Crippen LogP contribution in [0.25, 0.3) is 22.3 Å². The second-order valence-electron chi connectivity index (χ2n) is 5.97. The van der Waals surface area contributed by atoms with Gasteiger partial charge in [-0.3, -0.25) is 0 Å². The molecule has 0 radical (unpaired) electrons. The molecule has 0 amide bonds. The van der Waals surface area contributed by atoms with Crippen molar-refractivity contribution in [2.24, 2.45) is 5.14 Å². The van der Waals surface area contributed by atoms with Crippen LogP contribution in [-0.4, -0.2) is 15.5 Å². The maximum atomic E-state index is 12.1. The number of benzene rings is 2. The fourth-order valence-electron chi connectivity index (χ4n) is 3.02. The molecule has 6 heteroatoms. The summed E-state index contributed by atoms with van der Waals surface area (Å²) in [6, 6.07) is 14.7. The minimum absolute atomic E-state index is 0.149. The zero-order valence-electron chi connectivity index (χ0n) is 14.7. The van der Waals surface area contributed by atoms with Gasteiger partial charge in [-0.1, -0.05) is 43.7 Å². The van der Waals surface area contributed by atoms with Gasteiger partial charge in [-0.25, -0.2) is 13.6 Å². The third-order valence-electron chi connectivity index (χ3n) is 4.21. The SMILES string of the molecule is CCCc1scc(-c2ccccc2S(N)(=O)=O)c1-c1ccc(OC)cc1. The second-order valence-corrected chi connectivity index (χ2v) is 8.46. The molecule has 0 aliphatic rings. The van der Waals surface area contributed by atoms with Crippen LogP contribution in [-0.2, 0) is 16.4 Å². The molecule has 3 rings (SSSR count). The van der Waals surface area contributed by atoms with Gasteiger partial charge in [0.05, 0.1) is 12.0 Å². The Morgan fingerprint density at radius 1 is 1.04 bits per heavy atom. The Hall–Kier alpha value is -2.15. The highest BCUT2D eigenvalue weighted by atomic mass is 32.2. The summed E-state index contributed by atoms with van der Waals surface area (Å²) < 4.78 is 29.4. The van der Waals surface area contributed by atoms with Gasteiger partial charge in [0.1, 0.15) is 5.75 Å². The summed E-state index contributed by atoms with van der Waals surface area (Å²) in [6.07, 6.45) is 1.95. The Bertz CT molecular complexity index is 1010. The van der Waals surface area contributed by atoms with E-state index in [9.17, 15) is 8.42 Å². The third-order valence-corrected chi connectivity index (χ3v) is 6.22. The van der Waals surface area contributed by atoms with Crippen LogP contribution in [0.4, 0.5) is 0 Å². The quantitative estimate of drug-likeness (QED) is 0.667.